The Labute approximate surface area is 80.4 Å². The van der Waals surface area contributed by atoms with Crippen LogP contribution < -0.4 is 11.5 Å². The minimum Gasteiger partial charge on any atom is -0.506 e. The first kappa shape index (κ1) is 8.50. The first-order valence-electron chi connectivity index (χ1n) is 4.08. The lowest BCUT2D eigenvalue weighted by atomic mass is 10.1. The molecule has 0 spiro atoms. The molecular weight excluding hydrogens is 180 g/mol. The van der Waals surface area contributed by atoms with Crippen molar-refractivity contribution in [2.24, 2.45) is 0 Å². The summed E-state index contributed by atoms with van der Waals surface area (Å²) in [7, 11) is 0. The van der Waals surface area contributed by atoms with Crippen molar-refractivity contribution in [1.82, 2.24) is 0 Å². The highest BCUT2D eigenvalue weighted by Gasteiger charge is 2.04. The molecular formula is C10H10N2O2. The zero-order valence-electron chi connectivity index (χ0n) is 7.36. The summed E-state index contributed by atoms with van der Waals surface area (Å²) in [6.45, 7) is 0. The number of aromatic hydroxyl groups is 2. The van der Waals surface area contributed by atoms with Gasteiger partial charge in [-0.25, -0.2) is 0 Å². The Balaban J connectivity index is 2.83. The van der Waals surface area contributed by atoms with Crippen LogP contribution in [0.3, 0.4) is 0 Å². The van der Waals surface area contributed by atoms with Gasteiger partial charge in [0.25, 0.3) is 0 Å². The number of hydrogen-bond acceptors (Lipinski definition) is 4. The highest BCUT2D eigenvalue weighted by atomic mass is 16.3. The maximum atomic E-state index is 9.35. The average Bonchev–Trinajstić information content (AvgIpc) is 2.11. The Morgan fingerprint density at radius 2 is 1.07 bits per heavy atom. The van der Waals surface area contributed by atoms with Crippen molar-refractivity contribution in [1.29, 1.82) is 0 Å². The van der Waals surface area contributed by atoms with Gasteiger partial charge in [0.05, 0.1) is 11.4 Å². The molecule has 0 radical (unpaired) electrons. The predicted octanol–water partition coefficient (Wildman–Crippen LogP) is 1.42. The molecule has 0 fully saturated rings. The van der Waals surface area contributed by atoms with E-state index >= 15 is 0 Å². The van der Waals surface area contributed by atoms with Crippen LogP contribution in [-0.4, -0.2) is 10.2 Å². The lowest BCUT2D eigenvalue weighted by Gasteiger charge is -2.05. The normalized spacial score (nSPS) is 10.6. The van der Waals surface area contributed by atoms with E-state index in [-0.39, 0.29) is 22.9 Å². The molecule has 6 N–H and O–H groups in total. The highest BCUT2D eigenvalue weighted by Crippen LogP contribution is 2.32. The number of anilines is 2. The van der Waals surface area contributed by atoms with Gasteiger partial charge >= 0.3 is 0 Å². The molecule has 0 aliphatic rings. The van der Waals surface area contributed by atoms with Crippen molar-refractivity contribution in [2.75, 3.05) is 11.5 Å². The van der Waals surface area contributed by atoms with Crippen LogP contribution in [0.25, 0.3) is 10.8 Å². The van der Waals surface area contributed by atoms with Crippen molar-refractivity contribution < 1.29 is 10.2 Å². The Morgan fingerprint density at radius 1 is 0.714 bits per heavy atom. The Bertz CT molecular complexity index is 420. The summed E-state index contributed by atoms with van der Waals surface area (Å²) in [6, 6.07) is 6.20. The molecule has 0 bridgehead atoms. The average molecular weight is 190 g/mol. The summed E-state index contributed by atoms with van der Waals surface area (Å²) in [5.41, 5.74) is 11.6. The van der Waals surface area contributed by atoms with Crippen LogP contribution in [-0.2, 0) is 0 Å². The molecule has 2 rings (SSSR count). The van der Waals surface area contributed by atoms with E-state index in [1.165, 1.54) is 12.1 Å². The number of phenols is 2. The fraction of sp³-hybridized carbons (Fsp3) is 0. The molecule has 72 valence electrons. The van der Waals surface area contributed by atoms with E-state index in [0.717, 1.165) is 10.8 Å². The topological polar surface area (TPSA) is 92.5 Å². The standard InChI is InChI=1S/C10H10N2O2/c11-7-1-5-3-10(14)8(12)2-6(5)4-9(7)13/h1-4,13-14H,11-12H2. The maximum Gasteiger partial charge on any atom is 0.139 e. The van der Waals surface area contributed by atoms with Gasteiger partial charge in [-0.1, -0.05) is 0 Å². The van der Waals surface area contributed by atoms with Gasteiger partial charge < -0.3 is 21.7 Å². The van der Waals surface area contributed by atoms with Crippen LogP contribution >= 0.6 is 0 Å². The molecule has 0 aliphatic carbocycles. The van der Waals surface area contributed by atoms with E-state index in [4.69, 9.17) is 11.5 Å². The fourth-order valence-corrected chi connectivity index (χ4v) is 1.36. The predicted molar refractivity (Wildman–Crippen MR) is 56.1 cm³/mol. The van der Waals surface area contributed by atoms with Crippen molar-refractivity contribution in [3.05, 3.63) is 24.3 Å². The molecule has 14 heavy (non-hydrogen) atoms. The van der Waals surface area contributed by atoms with E-state index in [0.29, 0.717) is 0 Å². The summed E-state index contributed by atoms with van der Waals surface area (Å²) in [5, 5.41) is 20.2. The van der Waals surface area contributed by atoms with Crippen LogP contribution in [0.1, 0.15) is 0 Å². The fourth-order valence-electron chi connectivity index (χ4n) is 1.36. The number of nitrogens with two attached hydrogens (primary N) is 2. The zero-order valence-corrected chi connectivity index (χ0v) is 7.36. The van der Waals surface area contributed by atoms with Crippen molar-refractivity contribution in [2.45, 2.75) is 0 Å². The second kappa shape index (κ2) is 2.70. The van der Waals surface area contributed by atoms with Gasteiger partial charge in [-0.3, -0.25) is 0 Å². The molecule has 0 amide bonds. The molecule has 0 saturated heterocycles. The quantitative estimate of drug-likeness (QED) is 0.373. The molecule has 2 aromatic carbocycles. The molecule has 0 unspecified atom stereocenters. The molecule has 0 aliphatic heterocycles. The number of fused-ring (bicyclic) bond motifs is 1. The largest absolute Gasteiger partial charge is 0.506 e. The van der Waals surface area contributed by atoms with Crippen molar-refractivity contribution in [3.8, 4) is 11.5 Å². The molecule has 0 saturated carbocycles. The SMILES string of the molecule is Nc1cc2cc(O)c(N)cc2cc1O. The molecule has 4 nitrogen and oxygen atoms in total. The van der Waals surface area contributed by atoms with Crippen molar-refractivity contribution >= 4 is 22.1 Å². The monoisotopic (exact) mass is 190 g/mol. The third kappa shape index (κ3) is 1.17. The minimum atomic E-state index is 0.0163. The first-order chi connectivity index (χ1) is 6.58. The molecule has 0 atom stereocenters. The van der Waals surface area contributed by atoms with Crippen LogP contribution in [0, 0.1) is 0 Å². The number of hydrogen-bond donors (Lipinski definition) is 4. The molecule has 0 aromatic heterocycles. The minimum absolute atomic E-state index is 0.0163. The molecule has 2 aromatic rings. The Kier molecular flexibility index (Phi) is 1.64. The number of phenolic OH excluding ortho intramolecular Hbond substituents is 2. The van der Waals surface area contributed by atoms with Gasteiger partial charge in [-0.05, 0) is 35.0 Å². The zero-order chi connectivity index (χ0) is 10.3. The summed E-state index contributed by atoms with van der Waals surface area (Å²) < 4.78 is 0. The summed E-state index contributed by atoms with van der Waals surface area (Å²) in [5.74, 6) is 0.0326. The van der Waals surface area contributed by atoms with E-state index in [1.54, 1.807) is 12.1 Å². The highest BCUT2D eigenvalue weighted by molar-refractivity contribution is 5.92. The third-order valence-electron chi connectivity index (χ3n) is 2.13. The van der Waals surface area contributed by atoms with E-state index < -0.39 is 0 Å². The van der Waals surface area contributed by atoms with Gasteiger partial charge in [0.1, 0.15) is 11.5 Å². The third-order valence-corrected chi connectivity index (χ3v) is 2.13. The summed E-state index contributed by atoms with van der Waals surface area (Å²) in [4.78, 5) is 0. The molecule has 0 heterocycles. The smallest absolute Gasteiger partial charge is 0.139 e. The molecule has 4 heteroatoms. The van der Waals surface area contributed by atoms with E-state index in [2.05, 4.69) is 0 Å². The number of nitrogen functional groups attached to an aromatic ring is 2. The van der Waals surface area contributed by atoms with Gasteiger partial charge in [0.2, 0.25) is 0 Å². The van der Waals surface area contributed by atoms with Gasteiger partial charge in [0, 0.05) is 0 Å². The van der Waals surface area contributed by atoms with Gasteiger partial charge in [0.15, 0.2) is 0 Å². The van der Waals surface area contributed by atoms with E-state index in [9.17, 15) is 10.2 Å². The van der Waals surface area contributed by atoms with Crippen LogP contribution in [0.4, 0.5) is 11.4 Å². The van der Waals surface area contributed by atoms with Gasteiger partial charge in [-0.15, -0.1) is 0 Å². The second-order valence-electron chi connectivity index (χ2n) is 3.17. The van der Waals surface area contributed by atoms with Crippen molar-refractivity contribution in [3.63, 3.8) is 0 Å². The second-order valence-corrected chi connectivity index (χ2v) is 3.17. The summed E-state index contributed by atoms with van der Waals surface area (Å²) >= 11 is 0. The first-order valence-corrected chi connectivity index (χ1v) is 4.08. The maximum absolute atomic E-state index is 9.35. The summed E-state index contributed by atoms with van der Waals surface area (Å²) in [6.07, 6.45) is 0. The Morgan fingerprint density at radius 3 is 1.43 bits per heavy atom. The van der Waals surface area contributed by atoms with Crippen LogP contribution in [0.2, 0.25) is 0 Å². The Hall–Kier alpha value is -2.10. The van der Waals surface area contributed by atoms with E-state index in [1.807, 2.05) is 0 Å². The lowest BCUT2D eigenvalue weighted by molar-refractivity contribution is 0.477. The lowest BCUT2D eigenvalue weighted by Crippen LogP contribution is -1.88. The van der Waals surface area contributed by atoms with Crippen LogP contribution in [0.15, 0.2) is 24.3 Å². The van der Waals surface area contributed by atoms with Crippen LogP contribution in [0.5, 0.6) is 11.5 Å². The number of rotatable bonds is 0. The van der Waals surface area contributed by atoms with Gasteiger partial charge in [-0.2, -0.15) is 0 Å². The number of benzene rings is 2.